The average molecular weight is 591 g/mol. The SMILES string of the molecule is CC(C)(C)Oc1ccc(Sc2ccc(Oc3ccc(Oc4ccc(Oc5ccc(C(C)(C)C)cc5)cc4)cc3)cc2)cc1. The van der Waals surface area contributed by atoms with Crippen molar-refractivity contribution in [2.75, 3.05) is 0 Å². The first-order valence-corrected chi connectivity index (χ1v) is 15.2. The predicted molar refractivity (Wildman–Crippen MR) is 176 cm³/mol. The largest absolute Gasteiger partial charge is 0.488 e. The third kappa shape index (κ3) is 9.07. The van der Waals surface area contributed by atoms with Gasteiger partial charge in [0.25, 0.3) is 0 Å². The van der Waals surface area contributed by atoms with Crippen LogP contribution in [-0.2, 0) is 5.41 Å². The van der Waals surface area contributed by atoms with Crippen LogP contribution in [0.2, 0.25) is 0 Å². The molecule has 0 saturated heterocycles. The molecule has 0 aromatic heterocycles. The minimum Gasteiger partial charge on any atom is -0.488 e. The van der Waals surface area contributed by atoms with Crippen molar-refractivity contribution in [1.29, 1.82) is 0 Å². The molecule has 5 aromatic rings. The lowest BCUT2D eigenvalue weighted by atomic mass is 9.87. The van der Waals surface area contributed by atoms with Crippen LogP contribution >= 0.6 is 11.8 Å². The fraction of sp³-hybridized carbons (Fsp3) is 0.211. The van der Waals surface area contributed by atoms with Crippen LogP contribution in [0.3, 0.4) is 0 Å². The van der Waals surface area contributed by atoms with Crippen molar-refractivity contribution >= 4 is 11.8 Å². The summed E-state index contributed by atoms with van der Waals surface area (Å²) in [6, 6.07) is 39.7. The van der Waals surface area contributed by atoms with Gasteiger partial charge in [0.15, 0.2) is 0 Å². The summed E-state index contributed by atoms with van der Waals surface area (Å²) >= 11 is 1.70. The van der Waals surface area contributed by atoms with E-state index in [4.69, 9.17) is 18.9 Å². The Morgan fingerprint density at radius 1 is 0.372 bits per heavy atom. The highest BCUT2D eigenvalue weighted by molar-refractivity contribution is 7.99. The van der Waals surface area contributed by atoms with E-state index in [0.29, 0.717) is 0 Å². The van der Waals surface area contributed by atoms with Gasteiger partial charge in [-0.1, -0.05) is 44.7 Å². The fourth-order valence-corrected chi connectivity index (χ4v) is 5.04. The normalized spacial score (nSPS) is 11.6. The molecule has 5 heteroatoms. The van der Waals surface area contributed by atoms with Gasteiger partial charge in [-0.25, -0.2) is 0 Å². The molecular weight excluding hydrogens is 552 g/mol. The molecule has 4 nitrogen and oxygen atoms in total. The van der Waals surface area contributed by atoms with Crippen molar-refractivity contribution in [2.45, 2.75) is 62.3 Å². The molecule has 0 aliphatic carbocycles. The summed E-state index contributed by atoms with van der Waals surface area (Å²) in [5.41, 5.74) is 1.18. The third-order valence-corrected chi connectivity index (χ3v) is 7.40. The van der Waals surface area contributed by atoms with Crippen molar-refractivity contribution in [1.82, 2.24) is 0 Å². The molecule has 0 spiro atoms. The van der Waals surface area contributed by atoms with E-state index in [1.807, 2.05) is 106 Å². The van der Waals surface area contributed by atoms with E-state index < -0.39 is 0 Å². The Balaban J connectivity index is 1.11. The van der Waals surface area contributed by atoms with Crippen LogP contribution in [0, 0.1) is 0 Å². The first-order chi connectivity index (χ1) is 20.5. The Hall–Kier alpha value is -4.35. The van der Waals surface area contributed by atoms with Gasteiger partial charge in [-0.15, -0.1) is 0 Å². The molecule has 0 saturated carbocycles. The van der Waals surface area contributed by atoms with Crippen molar-refractivity contribution < 1.29 is 18.9 Å². The van der Waals surface area contributed by atoms with E-state index >= 15 is 0 Å². The van der Waals surface area contributed by atoms with Crippen LogP contribution in [0.4, 0.5) is 0 Å². The molecule has 0 aliphatic heterocycles. The maximum Gasteiger partial charge on any atom is 0.127 e. The van der Waals surface area contributed by atoms with Gasteiger partial charge in [0, 0.05) is 9.79 Å². The molecule has 0 amide bonds. The smallest absolute Gasteiger partial charge is 0.127 e. The quantitative estimate of drug-likeness (QED) is 0.171. The summed E-state index contributed by atoms with van der Waals surface area (Å²) in [5.74, 6) is 5.41. The molecule has 0 aliphatic rings. The monoisotopic (exact) mass is 590 g/mol. The molecule has 0 radical (unpaired) electrons. The zero-order valence-corrected chi connectivity index (χ0v) is 26.4. The van der Waals surface area contributed by atoms with Gasteiger partial charge in [-0.2, -0.15) is 0 Å². The van der Waals surface area contributed by atoms with Crippen molar-refractivity contribution in [3.8, 4) is 40.2 Å². The van der Waals surface area contributed by atoms with E-state index in [-0.39, 0.29) is 11.0 Å². The lowest BCUT2D eigenvalue weighted by Gasteiger charge is -2.21. The number of benzene rings is 5. The van der Waals surface area contributed by atoms with Crippen LogP contribution in [0.15, 0.2) is 131 Å². The van der Waals surface area contributed by atoms with Gasteiger partial charge in [-0.05, 0) is 141 Å². The first-order valence-electron chi connectivity index (χ1n) is 14.4. The Bertz CT molecular complexity index is 1590. The first kappa shape index (κ1) is 30.1. The Kier molecular flexibility index (Phi) is 9.02. The average Bonchev–Trinajstić information content (AvgIpc) is 2.96. The molecule has 0 bridgehead atoms. The summed E-state index contributed by atoms with van der Waals surface area (Å²) in [6.45, 7) is 12.7. The molecule has 0 atom stereocenters. The van der Waals surface area contributed by atoms with E-state index in [1.165, 1.54) is 5.56 Å². The van der Waals surface area contributed by atoms with Crippen LogP contribution in [0.25, 0.3) is 0 Å². The van der Waals surface area contributed by atoms with Crippen molar-refractivity contribution in [3.63, 3.8) is 0 Å². The highest BCUT2D eigenvalue weighted by Crippen LogP contribution is 2.33. The number of ether oxygens (including phenoxy) is 4. The van der Waals surface area contributed by atoms with Gasteiger partial charge < -0.3 is 18.9 Å². The van der Waals surface area contributed by atoms with Gasteiger partial charge in [0.05, 0.1) is 0 Å². The molecule has 0 fully saturated rings. The Morgan fingerprint density at radius 3 is 0.953 bits per heavy atom. The minimum atomic E-state index is -0.208. The number of hydrogen-bond acceptors (Lipinski definition) is 5. The minimum absolute atomic E-state index is 0.115. The summed E-state index contributed by atoms with van der Waals surface area (Å²) in [6.07, 6.45) is 0. The maximum absolute atomic E-state index is 6.05. The molecule has 0 N–H and O–H groups in total. The fourth-order valence-electron chi connectivity index (χ4n) is 4.22. The zero-order chi connectivity index (χ0) is 30.5. The highest BCUT2D eigenvalue weighted by atomic mass is 32.2. The number of rotatable bonds is 9. The molecule has 0 unspecified atom stereocenters. The third-order valence-electron chi connectivity index (χ3n) is 6.38. The lowest BCUT2D eigenvalue weighted by Crippen LogP contribution is -2.22. The van der Waals surface area contributed by atoms with Crippen LogP contribution in [-0.4, -0.2) is 5.60 Å². The molecular formula is C38H38O4S. The van der Waals surface area contributed by atoms with Crippen molar-refractivity contribution in [2.24, 2.45) is 0 Å². The van der Waals surface area contributed by atoms with Crippen LogP contribution in [0.1, 0.15) is 47.1 Å². The molecule has 5 rings (SSSR count). The standard InChI is InChI=1S/C38H38O4S/c1-37(2,3)27-7-9-28(10-8-27)39-29-11-13-30(14-12-29)40-31-15-17-32(18-16-31)41-33-19-23-35(24-20-33)43-36-25-21-34(22-26-36)42-38(4,5)6/h7-26H,1-6H3. The summed E-state index contributed by atoms with van der Waals surface area (Å²) in [4.78, 5) is 2.29. The van der Waals surface area contributed by atoms with Gasteiger partial charge in [0.1, 0.15) is 45.8 Å². The van der Waals surface area contributed by atoms with Crippen molar-refractivity contribution in [3.05, 3.63) is 127 Å². The predicted octanol–water partition coefficient (Wildman–Crippen LogP) is 11.7. The van der Waals surface area contributed by atoms with E-state index in [1.54, 1.807) is 11.8 Å². The second-order valence-electron chi connectivity index (χ2n) is 12.3. The second-order valence-corrected chi connectivity index (χ2v) is 13.4. The molecule has 220 valence electrons. The maximum atomic E-state index is 6.05. The highest BCUT2D eigenvalue weighted by Gasteiger charge is 2.13. The van der Waals surface area contributed by atoms with Gasteiger partial charge in [-0.3, -0.25) is 0 Å². The summed E-state index contributed by atoms with van der Waals surface area (Å²) < 4.78 is 24.0. The van der Waals surface area contributed by atoms with E-state index in [2.05, 4.69) is 57.2 Å². The Labute approximate surface area is 259 Å². The van der Waals surface area contributed by atoms with Gasteiger partial charge in [0.2, 0.25) is 0 Å². The van der Waals surface area contributed by atoms with Gasteiger partial charge >= 0.3 is 0 Å². The molecule has 0 heterocycles. The lowest BCUT2D eigenvalue weighted by molar-refractivity contribution is 0.131. The summed E-state index contributed by atoms with van der Waals surface area (Å²) in [5, 5.41) is 0. The summed E-state index contributed by atoms with van der Waals surface area (Å²) in [7, 11) is 0. The van der Waals surface area contributed by atoms with E-state index in [9.17, 15) is 0 Å². The van der Waals surface area contributed by atoms with Crippen LogP contribution < -0.4 is 18.9 Å². The van der Waals surface area contributed by atoms with Crippen LogP contribution in [0.5, 0.6) is 40.2 Å². The molecule has 5 aromatic carbocycles. The van der Waals surface area contributed by atoms with E-state index in [0.717, 1.165) is 50.0 Å². The zero-order valence-electron chi connectivity index (χ0n) is 25.6. The topological polar surface area (TPSA) is 36.9 Å². The number of hydrogen-bond donors (Lipinski definition) is 0. The Morgan fingerprint density at radius 2 is 0.651 bits per heavy atom. The molecule has 43 heavy (non-hydrogen) atoms. The second kappa shape index (κ2) is 12.9.